The largest absolute Gasteiger partial charge is 0.308 e. The fraction of sp³-hybridized carbons (Fsp3) is 0.500. The minimum Gasteiger partial charge on any atom is -0.308 e. The summed E-state index contributed by atoms with van der Waals surface area (Å²) in [7, 11) is 1.89. The van der Waals surface area contributed by atoms with Gasteiger partial charge in [0.05, 0.1) is 17.5 Å². The van der Waals surface area contributed by atoms with Crippen molar-refractivity contribution in [1.82, 2.24) is 5.32 Å². The number of likely N-dealkylation sites (N-methyl/N-ethyl adjacent to an activating group) is 1. The van der Waals surface area contributed by atoms with E-state index in [1.54, 1.807) is 0 Å². The van der Waals surface area contributed by atoms with Crippen molar-refractivity contribution >= 4 is 24.2 Å². The summed E-state index contributed by atoms with van der Waals surface area (Å²) in [6.45, 7) is 3.92. The molecule has 3 nitrogen and oxygen atoms in total. The molecule has 0 aromatic carbocycles. The molecular formula is C8H13N3S. The van der Waals surface area contributed by atoms with Crippen molar-refractivity contribution in [2.45, 2.75) is 19.9 Å². The van der Waals surface area contributed by atoms with Gasteiger partial charge in [0.25, 0.3) is 0 Å². The van der Waals surface area contributed by atoms with Gasteiger partial charge in [0.15, 0.2) is 0 Å². The second kappa shape index (κ2) is 3.87. The Hall–Kier alpha value is -0.610. The molecule has 66 valence electrons. The second-order valence-corrected chi connectivity index (χ2v) is 2.96. The smallest absolute Gasteiger partial charge is 0.0904 e. The van der Waals surface area contributed by atoms with E-state index < -0.39 is 0 Å². The Morgan fingerprint density at radius 2 is 2.25 bits per heavy atom. The molecule has 1 aliphatic rings. The monoisotopic (exact) mass is 183 g/mol. The number of nitrogens with zero attached hydrogens (tertiary/aromatic N) is 2. The first-order chi connectivity index (χ1) is 5.69. The number of hydrogen-bond acceptors (Lipinski definition) is 4. The van der Waals surface area contributed by atoms with Crippen molar-refractivity contribution in [3.63, 3.8) is 0 Å². The molecule has 4 heteroatoms. The Kier molecular flexibility index (Phi) is 3.05. The normalized spacial score (nSPS) is 27.0. The van der Waals surface area contributed by atoms with Crippen LogP contribution in [0.5, 0.6) is 0 Å². The van der Waals surface area contributed by atoms with Crippen LogP contribution in [0.25, 0.3) is 0 Å². The third-order valence-electron chi connectivity index (χ3n) is 1.84. The number of allylic oxidation sites excluding steroid dienone is 1. The summed E-state index contributed by atoms with van der Waals surface area (Å²) < 4.78 is 3.89. The van der Waals surface area contributed by atoms with E-state index in [0.29, 0.717) is 0 Å². The predicted octanol–water partition coefficient (Wildman–Crippen LogP) is 1.24. The highest BCUT2D eigenvalue weighted by molar-refractivity contribution is 7.79. The first-order valence-corrected chi connectivity index (χ1v) is 4.22. The maximum absolute atomic E-state index is 4.29. The van der Waals surface area contributed by atoms with E-state index in [1.807, 2.05) is 27.0 Å². The van der Waals surface area contributed by atoms with Crippen LogP contribution >= 0.6 is 12.8 Å². The van der Waals surface area contributed by atoms with Gasteiger partial charge in [0, 0.05) is 5.70 Å². The van der Waals surface area contributed by atoms with Crippen molar-refractivity contribution < 1.29 is 0 Å². The fourth-order valence-corrected chi connectivity index (χ4v) is 1.53. The van der Waals surface area contributed by atoms with Crippen LogP contribution in [0, 0.1) is 0 Å². The number of thiol groups is 1. The number of nitrogens with one attached hydrogen (secondary N) is 1. The molecule has 1 N–H and O–H groups in total. The van der Waals surface area contributed by atoms with Gasteiger partial charge < -0.3 is 5.32 Å². The predicted molar refractivity (Wildman–Crippen MR) is 56.1 cm³/mol. The van der Waals surface area contributed by atoms with Gasteiger partial charge in [-0.05, 0) is 39.8 Å². The molecule has 1 atom stereocenters. The zero-order valence-electron chi connectivity index (χ0n) is 7.50. The highest BCUT2D eigenvalue weighted by atomic mass is 32.1. The van der Waals surface area contributed by atoms with Gasteiger partial charge in [-0.15, -0.1) is 0 Å². The van der Waals surface area contributed by atoms with Gasteiger partial charge in [-0.1, -0.05) is 0 Å². The summed E-state index contributed by atoms with van der Waals surface area (Å²) in [4.78, 5) is 4.29. The Morgan fingerprint density at radius 1 is 1.58 bits per heavy atom. The lowest BCUT2D eigenvalue weighted by atomic mass is 10.0. The van der Waals surface area contributed by atoms with E-state index >= 15 is 0 Å². The lowest BCUT2D eigenvalue weighted by Gasteiger charge is -2.18. The Balaban J connectivity index is 2.99. The Labute approximate surface area is 78.2 Å². The summed E-state index contributed by atoms with van der Waals surface area (Å²) in [5.41, 5.74) is 2.85. The summed E-state index contributed by atoms with van der Waals surface area (Å²) in [5, 5.41) is 3.13. The molecule has 1 rings (SSSR count). The lowest BCUT2D eigenvalue weighted by molar-refractivity contribution is 0.817. The minimum atomic E-state index is 0.153. The van der Waals surface area contributed by atoms with Crippen LogP contribution in [0.3, 0.4) is 0 Å². The average Bonchev–Trinajstić information content (AvgIpc) is 2.03. The third-order valence-corrected chi connectivity index (χ3v) is 2.05. The molecule has 0 saturated heterocycles. The molecule has 0 spiro atoms. The van der Waals surface area contributed by atoms with Crippen molar-refractivity contribution in [2.24, 2.45) is 9.39 Å². The van der Waals surface area contributed by atoms with Crippen LogP contribution in [0.15, 0.2) is 21.2 Å². The topological polar surface area (TPSA) is 36.8 Å². The Morgan fingerprint density at radius 3 is 2.75 bits per heavy atom. The maximum atomic E-state index is 4.29. The van der Waals surface area contributed by atoms with Crippen LogP contribution in [0.2, 0.25) is 0 Å². The molecule has 0 amide bonds. The zero-order chi connectivity index (χ0) is 9.14. The maximum Gasteiger partial charge on any atom is 0.0904 e. The van der Waals surface area contributed by atoms with Gasteiger partial charge in [0.2, 0.25) is 0 Å². The van der Waals surface area contributed by atoms with Crippen molar-refractivity contribution in [2.75, 3.05) is 7.05 Å². The van der Waals surface area contributed by atoms with Gasteiger partial charge in [-0.25, -0.2) is 4.40 Å². The van der Waals surface area contributed by atoms with Gasteiger partial charge in [-0.2, -0.15) is 0 Å². The van der Waals surface area contributed by atoms with Gasteiger partial charge in [0.1, 0.15) is 0 Å². The molecule has 0 aromatic rings. The van der Waals surface area contributed by atoms with E-state index in [0.717, 1.165) is 17.1 Å². The van der Waals surface area contributed by atoms with Crippen LogP contribution in [-0.4, -0.2) is 24.5 Å². The number of rotatable bonds is 1. The lowest BCUT2D eigenvalue weighted by Crippen LogP contribution is -2.38. The molecule has 0 fully saturated rings. The van der Waals surface area contributed by atoms with Crippen molar-refractivity contribution in [1.29, 1.82) is 0 Å². The van der Waals surface area contributed by atoms with E-state index in [-0.39, 0.29) is 6.04 Å². The highest BCUT2D eigenvalue weighted by Gasteiger charge is 2.18. The third kappa shape index (κ3) is 1.76. The molecule has 1 heterocycles. The second-order valence-electron chi connectivity index (χ2n) is 2.76. The van der Waals surface area contributed by atoms with E-state index in [9.17, 15) is 0 Å². The summed E-state index contributed by atoms with van der Waals surface area (Å²) in [6, 6.07) is 0.153. The van der Waals surface area contributed by atoms with E-state index in [2.05, 4.69) is 27.5 Å². The molecule has 0 unspecified atom stereocenters. The minimum absolute atomic E-state index is 0.153. The standard InChI is InChI=1S/C8H13N3S/c1-5-4-7(9-3)8(11-12)6(2)10-5/h4,7,9,12H,1-3H3/b11-8-/t7-/m0/s1. The Bertz CT molecular complexity index is 265. The molecule has 1 aliphatic heterocycles. The van der Waals surface area contributed by atoms with Crippen molar-refractivity contribution in [3.8, 4) is 0 Å². The molecule has 0 radical (unpaired) electrons. The van der Waals surface area contributed by atoms with Crippen molar-refractivity contribution in [3.05, 3.63) is 11.8 Å². The molecule has 12 heavy (non-hydrogen) atoms. The first kappa shape index (κ1) is 9.48. The molecule has 0 aromatic heterocycles. The molecular weight excluding hydrogens is 170 g/mol. The van der Waals surface area contributed by atoms with Crippen LogP contribution in [0.4, 0.5) is 0 Å². The highest BCUT2D eigenvalue weighted by Crippen LogP contribution is 2.09. The van der Waals surface area contributed by atoms with E-state index in [1.165, 1.54) is 0 Å². The van der Waals surface area contributed by atoms with Crippen LogP contribution in [0.1, 0.15) is 13.8 Å². The molecule has 0 saturated carbocycles. The quantitative estimate of drug-likeness (QED) is 0.590. The average molecular weight is 183 g/mol. The SMILES string of the molecule is CN[C@H]1C=C(C)N=C(C)/C1=N/S. The summed E-state index contributed by atoms with van der Waals surface area (Å²) in [5.74, 6) is 0. The van der Waals surface area contributed by atoms with Crippen LogP contribution < -0.4 is 5.32 Å². The zero-order valence-corrected chi connectivity index (χ0v) is 8.39. The summed E-state index contributed by atoms with van der Waals surface area (Å²) in [6.07, 6.45) is 2.03. The molecule has 0 bridgehead atoms. The van der Waals surface area contributed by atoms with E-state index in [4.69, 9.17) is 0 Å². The van der Waals surface area contributed by atoms with Gasteiger partial charge in [-0.3, -0.25) is 4.99 Å². The number of aliphatic imine (C=N–C) groups is 1. The summed E-state index contributed by atoms with van der Waals surface area (Å²) >= 11 is 3.90. The number of hydrogen-bond donors (Lipinski definition) is 2. The molecule has 0 aliphatic carbocycles. The van der Waals surface area contributed by atoms with Crippen LogP contribution in [-0.2, 0) is 0 Å². The fourth-order valence-electron chi connectivity index (χ4n) is 1.26. The first-order valence-electron chi connectivity index (χ1n) is 3.82. The van der Waals surface area contributed by atoms with Gasteiger partial charge >= 0.3 is 0 Å².